The molecule has 0 fully saturated rings. The minimum atomic E-state index is -0.145. The molecule has 0 aliphatic carbocycles. The summed E-state index contributed by atoms with van der Waals surface area (Å²) in [6.45, 7) is 5.00. The van der Waals surface area contributed by atoms with Crippen molar-refractivity contribution in [2.75, 3.05) is 20.6 Å². The van der Waals surface area contributed by atoms with E-state index in [1.54, 1.807) is 0 Å². The maximum atomic E-state index is 13.0. The first-order valence-corrected chi connectivity index (χ1v) is 18.1. The number of nitrogens with zero attached hydrogens (tertiary/aromatic N) is 1. The van der Waals surface area contributed by atoms with Crippen molar-refractivity contribution in [1.29, 1.82) is 0 Å². The molecule has 0 aliphatic rings. The van der Waals surface area contributed by atoms with Crippen LogP contribution >= 0.6 is 0 Å². The maximum absolute atomic E-state index is 13.0. The fourth-order valence-electron chi connectivity index (χ4n) is 5.16. The predicted octanol–water partition coefficient (Wildman–Crippen LogP) is 11.9. The summed E-state index contributed by atoms with van der Waals surface area (Å²) in [6, 6.07) is 0. The molecule has 0 saturated carbocycles. The molecule has 0 aromatic heterocycles. The molecule has 1 unspecified atom stereocenters. The monoisotopic (exact) mass is 608 g/mol. The topological polar surface area (TPSA) is 37.4 Å². The second kappa shape index (κ2) is 33.6. The number of unbranched alkanes of at least 4 members (excludes halogenated alkanes) is 10. The molecule has 44 heavy (non-hydrogen) atoms. The van der Waals surface area contributed by atoms with E-state index in [1.165, 1.54) is 38.5 Å². The van der Waals surface area contributed by atoms with E-state index in [1.807, 2.05) is 14.1 Å². The van der Waals surface area contributed by atoms with Crippen LogP contribution in [0.5, 0.6) is 0 Å². The van der Waals surface area contributed by atoms with Crippen molar-refractivity contribution in [3.05, 3.63) is 72.9 Å². The van der Waals surface area contributed by atoms with Crippen LogP contribution in [0.25, 0.3) is 0 Å². The number of Topliss-reactive ketones (excluding diaryl/α,β-unsaturated/α-hetero) is 2. The smallest absolute Gasteiger partial charge is 0.137 e. The fourth-order valence-corrected chi connectivity index (χ4v) is 5.16. The van der Waals surface area contributed by atoms with E-state index in [-0.39, 0.29) is 17.5 Å². The van der Waals surface area contributed by atoms with E-state index < -0.39 is 0 Å². The lowest BCUT2D eigenvalue weighted by molar-refractivity contribution is -0.128. The highest BCUT2D eigenvalue weighted by molar-refractivity contribution is 5.88. The van der Waals surface area contributed by atoms with Crippen LogP contribution in [0.2, 0.25) is 0 Å². The lowest BCUT2D eigenvalue weighted by Crippen LogP contribution is -2.29. The van der Waals surface area contributed by atoms with Crippen molar-refractivity contribution in [1.82, 2.24) is 4.90 Å². The third-order valence-corrected chi connectivity index (χ3v) is 7.70. The van der Waals surface area contributed by atoms with Crippen molar-refractivity contribution in [3.63, 3.8) is 0 Å². The summed E-state index contributed by atoms with van der Waals surface area (Å²) in [5.74, 6) is 0.405. The molecule has 0 N–H and O–H groups in total. The van der Waals surface area contributed by atoms with Gasteiger partial charge < -0.3 is 4.90 Å². The molecule has 0 aromatic rings. The van der Waals surface area contributed by atoms with Crippen molar-refractivity contribution < 1.29 is 9.59 Å². The van der Waals surface area contributed by atoms with Crippen molar-refractivity contribution in [2.45, 2.75) is 149 Å². The Morgan fingerprint density at radius 3 is 1.34 bits per heavy atom. The number of allylic oxidation sites excluding steroid dienone is 12. The molecule has 0 amide bonds. The molecule has 0 bridgehead atoms. The summed E-state index contributed by atoms with van der Waals surface area (Å²) < 4.78 is 0. The quantitative estimate of drug-likeness (QED) is 0.0581. The third kappa shape index (κ3) is 31.2. The second-order valence-electron chi connectivity index (χ2n) is 12.4. The van der Waals surface area contributed by atoms with E-state index in [4.69, 9.17) is 0 Å². The molecular formula is C41H69NO2. The van der Waals surface area contributed by atoms with Gasteiger partial charge >= 0.3 is 0 Å². The molecule has 0 heterocycles. The van der Waals surface area contributed by atoms with Crippen LogP contribution in [0.1, 0.15) is 149 Å². The lowest BCUT2D eigenvalue weighted by atomic mass is 9.91. The molecule has 0 radical (unpaired) electrons. The number of hydrogen-bond acceptors (Lipinski definition) is 3. The molecular weight excluding hydrogens is 538 g/mol. The average Bonchev–Trinajstić information content (AvgIpc) is 3.00. The standard InChI is InChI=1S/C41H69NO2/c1-5-7-9-11-13-15-17-19-21-23-25-27-29-31-33-35-40(43)37-39(38-42(3)4)41(44)36-34-32-30-28-26-24-22-20-18-16-14-12-10-8-6-2/h7-10,13-16,19-22,39H,5-6,11-12,17-18,23-38H2,1-4H3/b9-7-,10-8-,15-13-,16-14-,21-19-,22-20-. The first-order chi connectivity index (χ1) is 21.5. The molecule has 3 heteroatoms. The summed E-state index contributed by atoms with van der Waals surface area (Å²) in [5, 5.41) is 0. The first kappa shape index (κ1) is 41.7. The van der Waals surface area contributed by atoms with Crippen LogP contribution in [0.4, 0.5) is 0 Å². The van der Waals surface area contributed by atoms with Crippen LogP contribution in [-0.2, 0) is 9.59 Å². The number of hydrogen-bond donors (Lipinski definition) is 0. The van der Waals surface area contributed by atoms with Crippen molar-refractivity contribution in [2.24, 2.45) is 5.92 Å². The van der Waals surface area contributed by atoms with Crippen LogP contribution in [-0.4, -0.2) is 37.1 Å². The summed E-state index contributed by atoms with van der Waals surface area (Å²) in [6.07, 6.45) is 48.6. The lowest BCUT2D eigenvalue weighted by Gasteiger charge is -2.19. The maximum Gasteiger partial charge on any atom is 0.137 e. The molecule has 1 atom stereocenters. The Labute approximate surface area is 273 Å². The molecule has 0 saturated heterocycles. The highest BCUT2D eigenvalue weighted by Gasteiger charge is 2.21. The highest BCUT2D eigenvalue weighted by atomic mass is 16.1. The van der Waals surface area contributed by atoms with Gasteiger partial charge in [-0.25, -0.2) is 0 Å². The molecule has 3 nitrogen and oxygen atoms in total. The molecule has 0 aromatic carbocycles. The fraction of sp³-hybridized carbons (Fsp3) is 0.659. The second-order valence-corrected chi connectivity index (χ2v) is 12.4. The number of ketones is 2. The van der Waals surface area contributed by atoms with Gasteiger partial charge in [-0.05, 0) is 91.1 Å². The summed E-state index contributed by atoms with van der Waals surface area (Å²) >= 11 is 0. The van der Waals surface area contributed by atoms with Gasteiger partial charge in [-0.1, -0.05) is 125 Å². The van der Waals surface area contributed by atoms with E-state index in [0.29, 0.717) is 25.8 Å². The van der Waals surface area contributed by atoms with Crippen LogP contribution in [0, 0.1) is 5.92 Å². The van der Waals surface area contributed by atoms with Gasteiger partial charge in [0.1, 0.15) is 11.6 Å². The Morgan fingerprint density at radius 2 is 0.886 bits per heavy atom. The largest absolute Gasteiger partial charge is 0.309 e. The summed E-state index contributed by atoms with van der Waals surface area (Å²) in [5.41, 5.74) is 0. The van der Waals surface area contributed by atoms with Gasteiger partial charge in [0.25, 0.3) is 0 Å². The zero-order valence-electron chi connectivity index (χ0n) is 29.3. The van der Waals surface area contributed by atoms with Crippen molar-refractivity contribution in [3.8, 4) is 0 Å². The molecule has 0 aliphatic heterocycles. The van der Waals surface area contributed by atoms with Gasteiger partial charge in [-0.3, -0.25) is 9.59 Å². The van der Waals surface area contributed by atoms with E-state index >= 15 is 0 Å². The Kier molecular flexibility index (Phi) is 31.9. The van der Waals surface area contributed by atoms with Crippen LogP contribution in [0.15, 0.2) is 72.9 Å². The molecule has 0 rings (SSSR count). The number of carbonyl (C=O) groups excluding carboxylic acids is 2. The van der Waals surface area contributed by atoms with E-state index in [9.17, 15) is 9.59 Å². The van der Waals surface area contributed by atoms with E-state index in [2.05, 4.69) is 91.7 Å². The summed E-state index contributed by atoms with van der Waals surface area (Å²) in [4.78, 5) is 27.7. The van der Waals surface area contributed by atoms with Gasteiger partial charge in [0.2, 0.25) is 0 Å². The summed E-state index contributed by atoms with van der Waals surface area (Å²) in [7, 11) is 4.00. The SMILES string of the molecule is CC/C=C\C/C=C\C/C=C\CCCCCCCC(=O)CC(CN(C)C)C(=O)CCCCCCC/C=C\C/C=C\C/C=C\CC. The van der Waals surface area contributed by atoms with Gasteiger partial charge in [0.15, 0.2) is 0 Å². The van der Waals surface area contributed by atoms with E-state index in [0.717, 1.165) is 77.0 Å². The molecule has 0 spiro atoms. The first-order valence-electron chi connectivity index (χ1n) is 18.1. The van der Waals surface area contributed by atoms with Gasteiger partial charge in [-0.2, -0.15) is 0 Å². The average molecular weight is 608 g/mol. The van der Waals surface area contributed by atoms with Crippen LogP contribution < -0.4 is 0 Å². The number of rotatable bonds is 31. The molecule has 250 valence electrons. The zero-order chi connectivity index (χ0) is 32.4. The van der Waals surface area contributed by atoms with Crippen LogP contribution in [0.3, 0.4) is 0 Å². The van der Waals surface area contributed by atoms with Gasteiger partial charge in [0.05, 0.1) is 0 Å². The normalized spacial score (nSPS) is 13.4. The Bertz CT molecular complexity index is 843. The Morgan fingerprint density at radius 1 is 0.500 bits per heavy atom. The highest BCUT2D eigenvalue weighted by Crippen LogP contribution is 2.17. The van der Waals surface area contributed by atoms with Gasteiger partial charge in [0, 0.05) is 31.7 Å². The predicted molar refractivity (Wildman–Crippen MR) is 195 cm³/mol. The number of carbonyl (C=O) groups is 2. The Balaban J connectivity index is 3.93. The Hall–Kier alpha value is -2.26. The third-order valence-electron chi connectivity index (χ3n) is 7.70. The van der Waals surface area contributed by atoms with Gasteiger partial charge in [-0.15, -0.1) is 0 Å². The van der Waals surface area contributed by atoms with Crippen molar-refractivity contribution >= 4 is 11.6 Å². The minimum Gasteiger partial charge on any atom is -0.309 e. The zero-order valence-corrected chi connectivity index (χ0v) is 29.3. The minimum absolute atomic E-state index is 0.145.